The van der Waals surface area contributed by atoms with Crippen LogP contribution in [0.2, 0.25) is 0 Å². The summed E-state index contributed by atoms with van der Waals surface area (Å²) in [5.74, 6) is -0.334. The summed E-state index contributed by atoms with van der Waals surface area (Å²) in [7, 11) is 1.90. The SMILES string of the molecule is Cc1cc(C(=O)NN=Cc2cccn2C)n[nH]1. The van der Waals surface area contributed by atoms with Crippen molar-refractivity contribution in [3.8, 4) is 0 Å². The smallest absolute Gasteiger partial charge is 0.291 e. The molecular weight excluding hydrogens is 218 g/mol. The predicted molar refractivity (Wildman–Crippen MR) is 63.8 cm³/mol. The Bertz CT molecular complexity index is 552. The molecule has 0 radical (unpaired) electrons. The summed E-state index contributed by atoms with van der Waals surface area (Å²) >= 11 is 0. The van der Waals surface area contributed by atoms with Crippen LogP contribution in [0.25, 0.3) is 0 Å². The molecule has 0 unspecified atom stereocenters. The third-order valence-electron chi connectivity index (χ3n) is 2.29. The maximum atomic E-state index is 11.6. The zero-order valence-corrected chi connectivity index (χ0v) is 9.64. The molecule has 1 amide bonds. The van der Waals surface area contributed by atoms with Crippen LogP contribution in [0, 0.1) is 6.92 Å². The van der Waals surface area contributed by atoms with Crippen LogP contribution in [-0.2, 0) is 7.05 Å². The molecular formula is C11H13N5O. The molecule has 0 saturated heterocycles. The van der Waals surface area contributed by atoms with Gasteiger partial charge in [0, 0.05) is 18.9 Å². The summed E-state index contributed by atoms with van der Waals surface area (Å²) in [5, 5.41) is 10.4. The van der Waals surface area contributed by atoms with Crippen LogP contribution in [0.3, 0.4) is 0 Å². The van der Waals surface area contributed by atoms with Gasteiger partial charge in [0.15, 0.2) is 5.69 Å². The van der Waals surface area contributed by atoms with E-state index < -0.39 is 0 Å². The molecule has 0 spiro atoms. The van der Waals surface area contributed by atoms with Crippen LogP contribution in [-0.4, -0.2) is 26.9 Å². The van der Waals surface area contributed by atoms with Crippen LogP contribution in [0.5, 0.6) is 0 Å². The molecule has 0 atom stereocenters. The van der Waals surface area contributed by atoms with Gasteiger partial charge in [0.1, 0.15) is 0 Å². The highest BCUT2D eigenvalue weighted by Gasteiger charge is 2.07. The van der Waals surface area contributed by atoms with Gasteiger partial charge in [-0.25, -0.2) is 5.43 Å². The number of amides is 1. The second-order valence-electron chi connectivity index (χ2n) is 3.68. The standard InChI is InChI=1S/C11H13N5O/c1-8-6-10(14-13-8)11(17)15-12-7-9-4-3-5-16(9)2/h3-7H,1-2H3,(H,13,14)(H,15,17). The van der Waals surface area contributed by atoms with Crippen molar-refractivity contribution in [1.82, 2.24) is 20.2 Å². The molecule has 17 heavy (non-hydrogen) atoms. The minimum atomic E-state index is -0.334. The molecule has 0 saturated carbocycles. The van der Waals surface area contributed by atoms with E-state index in [4.69, 9.17) is 0 Å². The van der Waals surface area contributed by atoms with Crippen LogP contribution in [0.15, 0.2) is 29.5 Å². The highest BCUT2D eigenvalue weighted by molar-refractivity contribution is 5.93. The lowest BCUT2D eigenvalue weighted by Gasteiger charge is -1.96. The molecule has 6 heteroatoms. The minimum absolute atomic E-state index is 0.325. The van der Waals surface area contributed by atoms with E-state index in [2.05, 4.69) is 20.7 Å². The zero-order valence-electron chi connectivity index (χ0n) is 9.64. The first kappa shape index (κ1) is 11.1. The third-order valence-corrected chi connectivity index (χ3v) is 2.29. The van der Waals surface area contributed by atoms with Crippen LogP contribution < -0.4 is 5.43 Å². The van der Waals surface area contributed by atoms with E-state index >= 15 is 0 Å². The summed E-state index contributed by atoms with van der Waals surface area (Å²) in [4.78, 5) is 11.6. The molecule has 0 aliphatic rings. The fourth-order valence-electron chi connectivity index (χ4n) is 1.36. The van der Waals surface area contributed by atoms with Gasteiger partial charge >= 0.3 is 0 Å². The highest BCUT2D eigenvalue weighted by atomic mass is 16.2. The number of carbonyl (C=O) groups excluding carboxylic acids is 1. The average Bonchev–Trinajstić information content (AvgIpc) is 2.88. The quantitative estimate of drug-likeness (QED) is 0.606. The normalized spacial score (nSPS) is 10.9. The van der Waals surface area contributed by atoms with Crippen molar-refractivity contribution < 1.29 is 4.79 Å². The Labute approximate surface area is 98.3 Å². The van der Waals surface area contributed by atoms with E-state index in [1.54, 1.807) is 12.3 Å². The lowest BCUT2D eigenvalue weighted by Crippen LogP contribution is -2.18. The molecule has 0 fully saturated rings. The number of aromatic nitrogens is 3. The van der Waals surface area contributed by atoms with Crippen molar-refractivity contribution in [1.29, 1.82) is 0 Å². The molecule has 6 nitrogen and oxygen atoms in total. The van der Waals surface area contributed by atoms with E-state index in [9.17, 15) is 4.79 Å². The molecule has 2 aromatic heterocycles. The van der Waals surface area contributed by atoms with Crippen LogP contribution in [0.1, 0.15) is 21.9 Å². The maximum Gasteiger partial charge on any atom is 0.291 e. The van der Waals surface area contributed by atoms with E-state index in [1.807, 2.05) is 36.9 Å². The summed E-state index contributed by atoms with van der Waals surface area (Å²) in [6, 6.07) is 5.46. The van der Waals surface area contributed by atoms with E-state index in [-0.39, 0.29) is 5.91 Å². The van der Waals surface area contributed by atoms with Crippen molar-refractivity contribution in [2.75, 3.05) is 0 Å². The largest absolute Gasteiger partial charge is 0.350 e. The maximum absolute atomic E-state index is 11.6. The van der Waals surface area contributed by atoms with Crippen molar-refractivity contribution in [3.05, 3.63) is 41.5 Å². The van der Waals surface area contributed by atoms with Crippen LogP contribution >= 0.6 is 0 Å². The number of nitrogens with one attached hydrogen (secondary N) is 2. The number of hydrogen-bond acceptors (Lipinski definition) is 3. The molecule has 0 aliphatic heterocycles. The number of aryl methyl sites for hydroxylation is 2. The number of hydrogen-bond donors (Lipinski definition) is 2. The Balaban J connectivity index is 1.97. The van der Waals surface area contributed by atoms with Crippen molar-refractivity contribution >= 4 is 12.1 Å². The van der Waals surface area contributed by atoms with Crippen molar-refractivity contribution in [3.63, 3.8) is 0 Å². The number of carbonyl (C=O) groups is 1. The predicted octanol–water partition coefficient (Wildman–Crippen LogP) is 0.821. The van der Waals surface area contributed by atoms with Gasteiger partial charge in [-0.2, -0.15) is 10.2 Å². The first-order chi connectivity index (χ1) is 8.16. The topological polar surface area (TPSA) is 75.1 Å². The molecule has 2 aromatic rings. The van der Waals surface area contributed by atoms with Gasteiger partial charge in [-0.3, -0.25) is 9.89 Å². The lowest BCUT2D eigenvalue weighted by molar-refractivity contribution is 0.0950. The molecule has 88 valence electrons. The number of nitrogens with zero attached hydrogens (tertiary/aromatic N) is 3. The van der Waals surface area contributed by atoms with Gasteiger partial charge in [0.25, 0.3) is 5.91 Å². The molecule has 0 aromatic carbocycles. The Hall–Kier alpha value is -2.37. The number of aromatic amines is 1. The highest BCUT2D eigenvalue weighted by Crippen LogP contribution is 1.97. The fourth-order valence-corrected chi connectivity index (χ4v) is 1.36. The van der Waals surface area contributed by atoms with Gasteiger partial charge in [-0.15, -0.1) is 0 Å². The monoisotopic (exact) mass is 231 g/mol. The zero-order chi connectivity index (χ0) is 12.3. The summed E-state index contributed by atoms with van der Waals surface area (Å²) in [6.45, 7) is 1.83. The van der Waals surface area contributed by atoms with Gasteiger partial charge in [-0.05, 0) is 25.1 Å². The Morgan fingerprint density at radius 3 is 3.06 bits per heavy atom. The Kier molecular flexibility index (Phi) is 3.04. The molecule has 2 heterocycles. The van der Waals surface area contributed by atoms with Crippen molar-refractivity contribution in [2.24, 2.45) is 12.1 Å². The summed E-state index contributed by atoms with van der Waals surface area (Å²) in [6.07, 6.45) is 3.48. The van der Waals surface area contributed by atoms with Gasteiger partial charge in [0.05, 0.1) is 11.9 Å². The number of hydrazone groups is 1. The van der Waals surface area contributed by atoms with Gasteiger partial charge < -0.3 is 4.57 Å². The average molecular weight is 231 g/mol. The van der Waals surface area contributed by atoms with Crippen molar-refractivity contribution in [2.45, 2.75) is 6.92 Å². The van der Waals surface area contributed by atoms with Gasteiger partial charge in [-0.1, -0.05) is 0 Å². The second kappa shape index (κ2) is 4.65. The van der Waals surface area contributed by atoms with Crippen LogP contribution in [0.4, 0.5) is 0 Å². The summed E-state index contributed by atoms with van der Waals surface area (Å²) < 4.78 is 1.90. The van der Waals surface area contributed by atoms with E-state index in [0.717, 1.165) is 11.4 Å². The first-order valence-electron chi connectivity index (χ1n) is 5.13. The first-order valence-corrected chi connectivity index (χ1v) is 5.13. The molecule has 2 N–H and O–H groups in total. The second-order valence-corrected chi connectivity index (χ2v) is 3.68. The number of H-pyrrole nitrogens is 1. The third kappa shape index (κ3) is 2.60. The fraction of sp³-hybridized carbons (Fsp3) is 0.182. The van der Waals surface area contributed by atoms with E-state index in [0.29, 0.717) is 5.69 Å². The molecule has 0 bridgehead atoms. The molecule has 0 aliphatic carbocycles. The van der Waals surface area contributed by atoms with E-state index in [1.165, 1.54) is 0 Å². The van der Waals surface area contributed by atoms with Gasteiger partial charge in [0.2, 0.25) is 0 Å². The Morgan fingerprint density at radius 2 is 2.47 bits per heavy atom. The Morgan fingerprint density at radius 1 is 1.65 bits per heavy atom. The lowest BCUT2D eigenvalue weighted by atomic mass is 10.4. The summed E-state index contributed by atoms with van der Waals surface area (Å²) in [5.41, 5.74) is 4.48. The molecule has 2 rings (SSSR count). The minimum Gasteiger partial charge on any atom is -0.350 e. The number of rotatable bonds is 3.